The van der Waals surface area contributed by atoms with E-state index in [4.69, 9.17) is 11.1 Å². The number of nitrogens with zero attached hydrogens (tertiary/aromatic N) is 4. The Kier molecular flexibility index (Phi) is 6.54. The van der Waals surface area contributed by atoms with Crippen LogP contribution in [0.3, 0.4) is 0 Å². The van der Waals surface area contributed by atoms with Crippen LogP contribution in [-0.2, 0) is 4.79 Å². The number of nitrogen functional groups attached to an aromatic ring is 1. The Morgan fingerprint density at radius 2 is 1.84 bits per heavy atom. The van der Waals surface area contributed by atoms with Crippen LogP contribution in [0.1, 0.15) is 6.42 Å². The fourth-order valence-corrected chi connectivity index (χ4v) is 5.07. The van der Waals surface area contributed by atoms with Crippen LogP contribution < -0.4 is 16.3 Å². The number of anilines is 1. The van der Waals surface area contributed by atoms with Gasteiger partial charge in [0.2, 0.25) is 5.91 Å². The van der Waals surface area contributed by atoms with Gasteiger partial charge in [-0.2, -0.15) is 5.26 Å². The maximum Gasteiger partial charge on any atom is 0.282 e. The van der Waals surface area contributed by atoms with Crippen LogP contribution >= 0.6 is 23.1 Å². The molecule has 0 bridgehead atoms. The van der Waals surface area contributed by atoms with Gasteiger partial charge in [-0.15, -0.1) is 11.3 Å². The Morgan fingerprint density at radius 3 is 2.53 bits per heavy atom. The average molecular weight is 462 g/mol. The highest BCUT2D eigenvalue weighted by atomic mass is 32.2. The first-order valence-corrected chi connectivity index (χ1v) is 11.7. The number of thiophene rings is 1. The van der Waals surface area contributed by atoms with Crippen molar-refractivity contribution in [3.05, 3.63) is 76.4 Å². The quantitative estimate of drug-likeness (QED) is 0.254. The number of para-hydroxylation sites is 1. The lowest BCUT2D eigenvalue weighted by Crippen LogP contribution is -2.34. The summed E-state index contributed by atoms with van der Waals surface area (Å²) in [6, 6.07) is 20.8. The molecule has 32 heavy (non-hydrogen) atoms. The maximum absolute atomic E-state index is 13.0. The second kappa shape index (κ2) is 9.68. The molecule has 4 aromatic rings. The van der Waals surface area contributed by atoms with Gasteiger partial charge < -0.3 is 10.7 Å². The summed E-state index contributed by atoms with van der Waals surface area (Å²) >= 11 is 2.47. The van der Waals surface area contributed by atoms with Crippen LogP contribution in [0.4, 0.5) is 5.69 Å². The van der Waals surface area contributed by atoms with Crippen LogP contribution in [0, 0.1) is 11.3 Å². The van der Waals surface area contributed by atoms with Gasteiger partial charge in [0.25, 0.3) is 5.56 Å². The summed E-state index contributed by atoms with van der Waals surface area (Å²) in [7, 11) is 0. The molecule has 2 N–H and O–H groups in total. The van der Waals surface area contributed by atoms with E-state index in [9.17, 15) is 9.59 Å². The molecule has 0 fully saturated rings. The Balaban J connectivity index is 1.59. The second-order valence-electron chi connectivity index (χ2n) is 6.84. The van der Waals surface area contributed by atoms with Gasteiger partial charge in [0.1, 0.15) is 4.83 Å². The molecule has 0 unspecified atom stereocenters. The Morgan fingerprint density at radius 1 is 1.16 bits per heavy atom. The SMILES string of the molecule is N#CCCN(C(=O)CSc1nc2scc(-c3ccccc3)c2c(=O)n1N)c1ccccc1. The zero-order valence-corrected chi connectivity index (χ0v) is 18.6. The van der Waals surface area contributed by atoms with Crippen molar-refractivity contribution in [2.75, 3.05) is 23.0 Å². The van der Waals surface area contributed by atoms with Crippen molar-refractivity contribution in [1.82, 2.24) is 9.66 Å². The lowest BCUT2D eigenvalue weighted by molar-refractivity contribution is -0.116. The first-order chi connectivity index (χ1) is 15.6. The maximum atomic E-state index is 13.0. The van der Waals surface area contributed by atoms with Gasteiger partial charge >= 0.3 is 0 Å². The molecule has 4 rings (SSSR count). The van der Waals surface area contributed by atoms with Gasteiger partial charge in [-0.05, 0) is 17.7 Å². The largest absolute Gasteiger partial charge is 0.334 e. The van der Waals surface area contributed by atoms with E-state index in [1.807, 2.05) is 66.0 Å². The first-order valence-electron chi connectivity index (χ1n) is 9.80. The summed E-state index contributed by atoms with van der Waals surface area (Å²) in [5.74, 6) is 5.91. The number of carbonyl (C=O) groups is 1. The van der Waals surface area contributed by atoms with E-state index >= 15 is 0 Å². The van der Waals surface area contributed by atoms with Crippen molar-refractivity contribution < 1.29 is 4.79 Å². The molecule has 0 aliphatic rings. The third-order valence-electron chi connectivity index (χ3n) is 4.83. The molecule has 9 heteroatoms. The number of benzene rings is 2. The zero-order valence-electron chi connectivity index (χ0n) is 17.0. The Bertz CT molecular complexity index is 1340. The third kappa shape index (κ3) is 4.37. The van der Waals surface area contributed by atoms with E-state index in [1.54, 1.807) is 4.90 Å². The van der Waals surface area contributed by atoms with E-state index < -0.39 is 0 Å². The molecule has 2 aromatic heterocycles. The number of aromatic nitrogens is 2. The lowest BCUT2D eigenvalue weighted by Gasteiger charge is -2.21. The molecule has 0 spiro atoms. The summed E-state index contributed by atoms with van der Waals surface area (Å²) in [5.41, 5.74) is 2.08. The van der Waals surface area contributed by atoms with Gasteiger partial charge in [0, 0.05) is 23.2 Å². The van der Waals surface area contributed by atoms with Crippen LogP contribution in [0.2, 0.25) is 0 Å². The minimum atomic E-state index is -0.352. The summed E-state index contributed by atoms with van der Waals surface area (Å²) < 4.78 is 1.00. The standard InChI is InChI=1S/C23H19N5O2S2/c24-12-7-13-27(17-10-5-2-6-11-17)19(29)15-32-23-26-21-20(22(30)28(23)25)18(14-31-21)16-8-3-1-4-9-16/h1-6,8-11,14H,7,13,15,25H2. The van der Waals surface area contributed by atoms with Gasteiger partial charge in [-0.1, -0.05) is 60.3 Å². The molecule has 2 aromatic carbocycles. The minimum Gasteiger partial charge on any atom is -0.334 e. The fourth-order valence-electron chi connectivity index (χ4n) is 3.29. The second-order valence-corrected chi connectivity index (χ2v) is 8.64. The number of nitriles is 1. The van der Waals surface area contributed by atoms with Gasteiger partial charge in [-0.25, -0.2) is 9.66 Å². The van der Waals surface area contributed by atoms with E-state index in [-0.39, 0.29) is 35.3 Å². The number of hydrogen-bond donors (Lipinski definition) is 1. The molecular weight excluding hydrogens is 442 g/mol. The first kappa shape index (κ1) is 21.6. The monoisotopic (exact) mass is 461 g/mol. The molecule has 7 nitrogen and oxygen atoms in total. The highest BCUT2D eigenvalue weighted by Crippen LogP contribution is 2.31. The fraction of sp³-hybridized carbons (Fsp3) is 0.130. The molecule has 160 valence electrons. The van der Waals surface area contributed by atoms with Crippen molar-refractivity contribution >= 4 is 44.9 Å². The van der Waals surface area contributed by atoms with Crippen molar-refractivity contribution in [2.24, 2.45) is 0 Å². The summed E-state index contributed by atoms with van der Waals surface area (Å²) in [4.78, 5) is 32.6. The Labute approximate surface area is 192 Å². The number of carbonyl (C=O) groups excluding carboxylic acids is 1. The van der Waals surface area contributed by atoms with Crippen molar-refractivity contribution in [3.63, 3.8) is 0 Å². The molecule has 0 aliphatic heterocycles. The predicted octanol–water partition coefficient (Wildman–Crippen LogP) is 3.88. The minimum absolute atomic E-state index is 0.0341. The molecule has 0 saturated heterocycles. The smallest absolute Gasteiger partial charge is 0.282 e. The van der Waals surface area contributed by atoms with E-state index in [2.05, 4.69) is 11.1 Å². The molecule has 2 heterocycles. The predicted molar refractivity (Wildman–Crippen MR) is 129 cm³/mol. The number of fused-ring (bicyclic) bond motifs is 1. The summed E-state index contributed by atoms with van der Waals surface area (Å²) in [6.45, 7) is 0.285. The topological polar surface area (TPSA) is 105 Å². The van der Waals surface area contributed by atoms with Gasteiger partial charge in [0.15, 0.2) is 5.16 Å². The molecular formula is C23H19N5O2S2. The summed E-state index contributed by atoms with van der Waals surface area (Å²) in [6.07, 6.45) is 0.217. The normalized spacial score (nSPS) is 10.7. The molecule has 0 saturated carbocycles. The third-order valence-corrected chi connectivity index (χ3v) is 6.64. The Hall–Kier alpha value is -3.61. The molecule has 0 atom stereocenters. The highest BCUT2D eigenvalue weighted by Gasteiger charge is 2.19. The van der Waals surface area contributed by atoms with Crippen LogP contribution in [0.25, 0.3) is 21.3 Å². The number of thioether (sulfide) groups is 1. The summed E-state index contributed by atoms with van der Waals surface area (Å²) in [5, 5.41) is 11.6. The number of nitrogens with two attached hydrogens (primary N) is 1. The van der Waals surface area contributed by atoms with Crippen LogP contribution in [0.5, 0.6) is 0 Å². The van der Waals surface area contributed by atoms with Crippen LogP contribution in [0.15, 0.2) is 76.0 Å². The number of amides is 1. The zero-order chi connectivity index (χ0) is 22.5. The van der Waals surface area contributed by atoms with E-state index in [0.29, 0.717) is 15.9 Å². The van der Waals surface area contributed by atoms with Crippen molar-refractivity contribution in [3.8, 4) is 17.2 Å². The van der Waals surface area contributed by atoms with Crippen molar-refractivity contribution in [1.29, 1.82) is 5.26 Å². The van der Waals surface area contributed by atoms with E-state index in [0.717, 1.165) is 27.6 Å². The molecule has 0 aliphatic carbocycles. The molecule has 1 amide bonds. The van der Waals surface area contributed by atoms with Crippen molar-refractivity contribution in [2.45, 2.75) is 11.6 Å². The average Bonchev–Trinajstić information content (AvgIpc) is 3.26. The van der Waals surface area contributed by atoms with E-state index in [1.165, 1.54) is 11.3 Å². The van der Waals surface area contributed by atoms with Crippen LogP contribution in [-0.4, -0.2) is 27.9 Å². The molecule has 0 radical (unpaired) electrons. The van der Waals surface area contributed by atoms with Gasteiger partial charge in [-0.3, -0.25) is 9.59 Å². The van der Waals surface area contributed by atoms with Gasteiger partial charge in [0.05, 0.1) is 23.6 Å². The lowest BCUT2D eigenvalue weighted by atomic mass is 10.1. The highest BCUT2D eigenvalue weighted by molar-refractivity contribution is 7.99. The number of hydrogen-bond acceptors (Lipinski definition) is 7. The number of rotatable bonds is 7.